The van der Waals surface area contributed by atoms with Gasteiger partial charge in [-0.3, -0.25) is 4.98 Å². The fraction of sp³-hybridized carbons (Fsp3) is 0. The maximum atomic E-state index is 6.36. The van der Waals surface area contributed by atoms with E-state index in [9.17, 15) is 0 Å². The summed E-state index contributed by atoms with van der Waals surface area (Å²) in [6, 6.07) is 48.0. The van der Waals surface area contributed by atoms with Crippen LogP contribution < -0.4 is 0 Å². The summed E-state index contributed by atoms with van der Waals surface area (Å²) in [4.78, 5) is 19.5. The third-order valence-corrected chi connectivity index (χ3v) is 9.13. The molecule has 0 aliphatic carbocycles. The predicted molar refractivity (Wildman–Crippen MR) is 193 cm³/mol. The molecule has 0 amide bonds. The van der Waals surface area contributed by atoms with Crippen LogP contribution in [0.2, 0.25) is 0 Å². The second kappa shape index (κ2) is 10.4. The van der Waals surface area contributed by atoms with Crippen LogP contribution in [0, 0.1) is 0 Å². The molecule has 0 N–H and O–H groups in total. The van der Waals surface area contributed by atoms with Crippen molar-refractivity contribution in [2.45, 2.75) is 0 Å². The average Bonchev–Trinajstić information content (AvgIpc) is 3.71. The van der Waals surface area contributed by atoms with Crippen molar-refractivity contribution in [1.82, 2.24) is 24.5 Å². The van der Waals surface area contributed by atoms with Gasteiger partial charge in [0.05, 0.1) is 11.0 Å². The fourth-order valence-corrected chi connectivity index (χ4v) is 6.85. The Bertz CT molecular complexity index is 2840. The highest BCUT2D eigenvalue weighted by atomic mass is 16.3. The lowest BCUT2D eigenvalue weighted by Gasteiger charge is -2.10. The number of aromatic nitrogens is 5. The van der Waals surface area contributed by atoms with Crippen molar-refractivity contribution in [1.29, 1.82) is 0 Å². The summed E-state index contributed by atoms with van der Waals surface area (Å²) in [6.07, 6.45) is 3.61. The van der Waals surface area contributed by atoms with Crippen molar-refractivity contribution < 1.29 is 4.42 Å². The normalized spacial score (nSPS) is 11.8. The minimum Gasteiger partial charge on any atom is -0.455 e. The molecule has 0 aliphatic heterocycles. The van der Waals surface area contributed by atoms with Crippen molar-refractivity contribution in [3.05, 3.63) is 152 Å². The molecule has 0 atom stereocenters. The fourth-order valence-electron chi connectivity index (χ4n) is 6.85. The number of rotatable bonds is 4. The first-order valence-corrected chi connectivity index (χ1v) is 15.9. The minimum atomic E-state index is 0.599. The van der Waals surface area contributed by atoms with Gasteiger partial charge in [-0.2, -0.15) is 0 Å². The van der Waals surface area contributed by atoms with E-state index in [1.165, 1.54) is 5.39 Å². The Hall–Kier alpha value is -6.66. The minimum absolute atomic E-state index is 0.599. The molecule has 4 heterocycles. The quantitative estimate of drug-likeness (QED) is 0.197. The van der Waals surface area contributed by atoms with Crippen LogP contribution in [0.25, 0.3) is 94.4 Å². The Morgan fingerprint density at radius 3 is 1.92 bits per heavy atom. The number of benzene rings is 6. The van der Waals surface area contributed by atoms with E-state index >= 15 is 0 Å². The molecule has 10 aromatic rings. The maximum Gasteiger partial charge on any atom is 0.164 e. The molecule has 48 heavy (non-hydrogen) atoms. The van der Waals surface area contributed by atoms with Crippen LogP contribution in [0.3, 0.4) is 0 Å². The average molecular weight is 616 g/mol. The van der Waals surface area contributed by atoms with E-state index in [0.717, 1.165) is 71.5 Å². The van der Waals surface area contributed by atoms with E-state index in [4.69, 9.17) is 19.4 Å². The molecule has 0 unspecified atom stereocenters. The predicted octanol–water partition coefficient (Wildman–Crippen LogP) is 10.4. The third-order valence-electron chi connectivity index (χ3n) is 9.13. The van der Waals surface area contributed by atoms with Crippen molar-refractivity contribution in [2.75, 3.05) is 0 Å². The Morgan fingerprint density at radius 1 is 0.458 bits per heavy atom. The molecular weight excluding hydrogens is 590 g/mol. The van der Waals surface area contributed by atoms with Gasteiger partial charge in [-0.05, 0) is 60.0 Å². The first kappa shape index (κ1) is 26.5. The van der Waals surface area contributed by atoms with Gasteiger partial charge in [0.15, 0.2) is 17.5 Å². The Balaban J connectivity index is 1.19. The number of nitrogens with zero attached hydrogens (tertiary/aromatic N) is 5. The second-order valence-electron chi connectivity index (χ2n) is 11.9. The molecule has 6 heteroatoms. The maximum absolute atomic E-state index is 6.36. The zero-order chi connectivity index (χ0) is 31.6. The van der Waals surface area contributed by atoms with Crippen LogP contribution in [-0.4, -0.2) is 24.5 Å². The summed E-state index contributed by atoms with van der Waals surface area (Å²) in [5.74, 6) is 1.84. The molecule has 10 rings (SSSR count). The summed E-state index contributed by atoms with van der Waals surface area (Å²) in [7, 11) is 0. The molecular formula is C42H25N5O. The van der Waals surface area contributed by atoms with Crippen LogP contribution in [0.1, 0.15) is 0 Å². The Kier molecular flexibility index (Phi) is 5.77. The number of furan rings is 1. The molecule has 0 fully saturated rings. The standard InChI is InChI=1S/C42H25N5O/c1-3-9-27(10-4-1)40-44-41(28-16-15-26-17-19-32-35-25-43-22-21-38(35)48-39(32)33(26)23-28)46-42(45-40)29-18-20-37-34(24-29)31-13-7-8-14-36(31)47(37)30-11-5-2-6-12-30/h1-25H. The van der Waals surface area contributed by atoms with Gasteiger partial charge in [-0.25, -0.2) is 15.0 Å². The molecule has 224 valence electrons. The summed E-state index contributed by atoms with van der Waals surface area (Å²) in [5.41, 5.74) is 7.78. The molecule has 0 radical (unpaired) electrons. The van der Waals surface area contributed by atoms with Crippen molar-refractivity contribution in [2.24, 2.45) is 0 Å². The van der Waals surface area contributed by atoms with Gasteiger partial charge in [0, 0.05) is 61.7 Å². The van der Waals surface area contributed by atoms with E-state index in [1.54, 1.807) is 6.20 Å². The lowest BCUT2D eigenvalue weighted by molar-refractivity contribution is 0.672. The lowest BCUT2D eigenvalue weighted by atomic mass is 10.0. The third kappa shape index (κ3) is 4.13. The van der Waals surface area contributed by atoms with Gasteiger partial charge in [0.2, 0.25) is 0 Å². The zero-order valence-corrected chi connectivity index (χ0v) is 25.6. The highest BCUT2D eigenvalue weighted by Crippen LogP contribution is 2.37. The van der Waals surface area contributed by atoms with E-state index in [2.05, 4.69) is 107 Å². The summed E-state index contributed by atoms with van der Waals surface area (Å²) >= 11 is 0. The molecule has 4 aromatic heterocycles. The van der Waals surface area contributed by atoms with Crippen LogP contribution in [0.4, 0.5) is 0 Å². The largest absolute Gasteiger partial charge is 0.455 e. The highest BCUT2D eigenvalue weighted by molar-refractivity contribution is 6.15. The number of pyridine rings is 1. The molecule has 0 spiro atoms. The van der Waals surface area contributed by atoms with E-state index in [1.807, 2.05) is 48.7 Å². The molecule has 0 saturated carbocycles. The highest BCUT2D eigenvalue weighted by Gasteiger charge is 2.17. The Morgan fingerprint density at radius 2 is 1.10 bits per heavy atom. The molecule has 6 aromatic carbocycles. The summed E-state index contributed by atoms with van der Waals surface area (Å²) < 4.78 is 8.67. The van der Waals surface area contributed by atoms with Gasteiger partial charge >= 0.3 is 0 Å². The topological polar surface area (TPSA) is 69.6 Å². The summed E-state index contributed by atoms with van der Waals surface area (Å²) in [5, 5.41) is 6.43. The van der Waals surface area contributed by atoms with Crippen molar-refractivity contribution in [3.63, 3.8) is 0 Å². The van der Waals surface area contributed by atoms with Crippen LogP contribution in [-0.2, 0) is 0 Å². The van der Waals surface area contributed by atoms with E-state index in [0.29, 0.717) is 17.5 Å². The van der Waals surface area contributed by atoms with Crippen LogP contribution in [0.15, 0.2) is 156 Å². The SMILES string of the molecule is c1ccc(-c2nc(-c3ccc4ccc5c6cnccc6oc5c4c3)nc(-c3ccc4c(c3)c3ccccc3n4-c3ccccc3)n2)cc1. The molecule has 6 nitrogen and oxygen atoms in total. The van der Waals surface area contributed by atoms with Crippen molar-refractivity contribution in [3.8, 4) is 39.9 Å². The molecule has 0 bridgehead atoms. The monoisotopic (exact) mass is 615 g/mol. The van der Waals surface area contributed by atoms with Gasteiger partial charge in [-0.1, -0.05) is 84.9 Å². The van der Waals surface area contributed by atoms with Crippen molar-refractivity contribution >= 4 is 54.5 Å². The number of hydrogen-bond donors (Lipinski definition) is 0. The molecule has 0 saturated heterocycles. The molecule has 0 aliphatic rings. The van der Waals surface area contributed by atoms with Gasteiger partial charge in [0.1, 0.15) is 11.2 Å². The number of para-hydroxylation sites is 2. The van der Waals surface area contributed by atoms with Gasteiger partial charge < -0.3 is 8.98 Å². The number of fused-ring (bicyclic) bond motifs is 8. The first-order chi connectivity index (χ1) is 23.8. The van der Waals surface area contributed by atoms with Crippen LogP contribution >= 0.6 is 0 Å². The van der Waals surface area contributed by atoms with Gasteiger partial charge in [-0.15, -0.1) is 0 Å². The first-order valence-electron chi connectivity index (χ1n) is 15.9. The number of hydrogen-bond acceptors (Lipinski definition) is 5. The summed E-state index contributed by atoms with van der Waals surface area (Å²) in [6.45, 7) is 0. The smallest absolute Gasteiger partial charge is 0.164 e. The lowest BCUT2D eigenvalue weighted by Crippen LogP contribution is -2.00. The Labute approximate surface area is 274 Å². The van der Waals surface area contributed by atoms with Gasteiger partial charge in [0.25, 0.3) is 0 Å². The van der Waals surface area contributed by atoms with E-state index in [-0.39, 0.29) is 0 Å². The second-order valence-corrected chi connectivity index (χ2v) is 11.9. The zero-order valence-electron chi connectivity index (χ0n) is 25.6. The van der Waals surface area contributed by atoms with Crippen LogP contribution in [0.5, 0.6) is 0 Å². The van der Waals surface area contributed by atoms with E-state index < -0.39 is 0 Å².